The lowest BCUT2D eigenvalue weighted by Crippen LogP contribution is -2.40. The van der Waals surface area contributed by atoms with Gasteiger partial charge in [0.2, 0.25) is 0 Å². The lowest BCUT2D eigenvalue weighted by Gasteiger charge is -2.31. The normalized spacial score (nSPS) is 34.0. The van der Waals surface area contributed by atoms with E-state index in [1.807, 2.05) is 0 Å². The molecule has 0 aromatic rings. The molecule has 2 rings (SSSR count). The number of aliphatic hydroxyl groups is 1. The Balaban J connectivity index is 1.72. The Kier molecular flexibility index (Phi) is 3.68. The van der Waals surface area contributed by atoms with Gasteiger partial charge in [-0.25, -0.2) is 0 Å². The molecule has 2 atom stereocenters. The van der Waals surface area contributed by atoms with Gasteiger partial charge in [0, 0.05) is 19.2 Å². The summed E-state index contributed by atoms with van der Waals surface area (Å²) in [5.41, 5.74) is 0.478. The second-order valence-corrected chi connectivity index (χ2v) is 5.72. The molecular weight excluding hydrogens is 186 g/mol. The van der Waals surface area contributed by atoms with Gasteiger partial charge in [-0.05, 0) is 43.4 Å². The molecule has 0 heterocycles. The highest BCUT2D eigenvalue weighted by Gasteiger charge is 2.42. The molecule has 2 aliphatic rings. The van der Waals surface area contributed by atoms with E-state index in [1.54, 1.807) is 0 Å². The first kappa shape index (κ1) is 11.4. The van der Waals surface area contributed by atoms with Gasteiger partial charge in [0.25, 0.3) is 0 Å². The molecule has 2 nitrogen and oxygen atoms in total. The van der Waals surface area contributed by atoms with Gasteiger partial charge >= 0.3 is 0 Å². The molecule has 88 valence electrons. The molecule has 0 amide bonds. The molecule has 0 aromatic heterocycles. The number of hydrogen-bond donors (Lipinski definition) is 2. The summed E-state index contributed by atoms with van der Waals surface area (Å²) in [6.07, 6.45) is 9.21. The summed E-state index contributed by atoms with van der Waals surface area (Å²) in [4.78, 5) is 0. The Labute approximate surface area is 93.5 Å². The highest BCUT2D eigenvalue weighted by molar-refractivity contribution is 4.95. The second kappa shape index (κ2) is 4.84. The van der Waals surface area contributed by atoms with E-state index < -0.39 is 0 Å². The minimum absolute atomic E-state index is 0.363. The van der Waals surface area contributed by atoms with Crippen molar-refractivity contribution in [2.45, 2.75) is 57.9 Å². The molecule has 2 N–H and O–H groups in total. The van der Waals surface area contributed by atoms with Crippen LogP contribution in [-0.2, 0) is 0 Å². The van der Waals surface area contributed by atoms with Crippen molar-refractivity contribution in [2.24, 2.45) is 11.3 Å². The Morgan fingerprint density at radius 1 is 1.27 bits per heavy atom. The predicted molar refractivity (Wildman–Crippen MR) is 62.8 cm³/mol. The molecule has 0 saturated heterocycles. The summed E-state index contributed by atoms with van der Waals surface area (Å²) in [5.74, 6) is 0.851. The lowest BCUT2D eigenvalue weighted by molar-refractivity contribution is 0.223. The molecule has 0 aromatic carbocycles. The van der Waals surface area contributed by atoms with Gasteiger partial charge in [0.1, 0.15) is 0 Å². The van der Waals surface area contributed by atoms with Crippen LogP contribution in [0.2, 0.25) is 0 Å². The molecule has 2 saturated carbocycles. The van der Waals surface area contributed by atoms with Gasteiger partial charge in [-0.15, -0.1) is 0 Å². The Morgan fingerprint density at radius 2 is 2.00 bits per heavy atom. The monoisotopic (exact) mass is 211 g/mol. The third kappa shape index (κ3) is 2.94. The molecule has 0 aliphatic heterocycles. The van der Waals surface area contributed by atoms with E-state index >= 15 is 0 Å². The summed E-state index contributed by atoms with van der Waals surface area (Å²) in [6.45, 7) is 3.88. The molecule has 0 radical (unpaired) electrons. The summed E-state index contributed by atoms with van der Waals surface area (Å²) < 4.78 is 0. The lowest BCUT2D eigenvalue weighted by atomic mass is 9.85. The van der Waals surface area contributed by atoms with Crippen LogP contribution < -0.4 is 5.32 Å². The standard InChI is InChI=1S/C13H25NO/c1-11-4-2-3-5-12(11)14-10-13(6-7-13)8-9-15/h11-12,14-15H,2-10H2,1H3. The number of rotatable bonds is 5. The van der Waals surface area contributed by atoms with Gasteiger partial charge in [0.15, 0.2) is 0 Å². The maximum absolute atomic E-state index is 9.00. The SMILES string of the molecule is CC1CCCCC1NCC1(CCO)CC1. The molecule has 2 heteroatoms. The molecule has 0 spiro atoms. The third-order valence-corrected chi connectivity index (χ3v) is 4.45. The topological polar surface area (TPSA) is 32.3 Å². The van der Waals surface area contributed by atoms with Crippen LogP contribution in [0.15, 0.2) is 0 Å². The van der Waals surface area contributed by atoms with Crippen LogP contribution >= 0.6 is 0 Å². The first-order chi connectivity index (χ1) is 7.26. The molecule has 2 unspecified atom stereocenters. The van der Waals surface area contributed by atoms with E-state index in [0.29, 0.717) is 12.0 Å². The second-order valence-electron chi connectivity index (χ2n) is 5.72. The maximum atomic E-state index is 9.00. The van der Waals surface area contributed by atoms with Crippen LogP contribution in [0.1, 0.15) is 51.9 Å². The number of hydrogen-bond acceptors (Lipinski definition) is 2. The highest BCUT2D eigenvalue weighted by atomic mass is 16.3. The predicted octanol–water partition coefficient (Wildman–Crippen LogP) is 2.32. The Bertz CT molecular complexity index is 201. The van der Waals surface area contributed by atoms with Crippen LogP contribution in [0.5, 0.6) is 0 Å². The molecule has 2 fully saturated rings. The van der Waals surface area contributed by atoms with Crippen LogP contribution in [0.25, 0.3) is 0 Å². The van der Waals surface area contributed by atoms with E-state index in [9.17, 15) is 0 Å². The van der Waals surface area contributed by atoms with E-state index in [2.05, 4.69) is 12.2 Å². The summed E-state index contributed by atoms with van der Waals surface area (Å²) >= 11 is 0. The summed E-state index contributed by atoms with van der Waals surface area (Å²) in [6, 6.07) is 0.745. The minimum Gasteiger partial charge on any atom is -0.396 e. The largest absolute Gasteiger partial charge is 0.396 e. The van der Waals surface area contributed by atoms with Crippen molar-refractivity contribution in [1.82, 2.24) is 5.32 Å². The average Bonchev–Trinajstić information content (AvgIpc) is 2.98. The number of nitrogens with one attached hydrogen (secondary N) is 1. The first-order valence-corrected chi connectivity index (χ1v) is 6.60. The summed E-state index contributed by atoms with van der Waals surface area (Å²) in [7, 11) is 0. The van der Waals surface area contributed by atoms with Gasteiger partial charge < -0.3 is 10.4 Å². The first-order valence-electron chi connectivity index (χ1n) is 6.60. The Hall–Kier alpha value is -0.0800. The quantitative estimate of drug-likeness (QED) is 0.731. The van der Waals surface area contributed by atoms with Gasteiger partial charge in [0.05, 0.1) is 0 Å². The zero-order chi connectivity index (χ0) is 10.7. The van der Waals surface area contributed by atoms with E-state index in [4.69, 9.17) is 5.11 Å². The van der Waals surface area contributed by atoms with Crippen molar-refractivity contribution in [2.75, 3.05) is 13.2 Å². The van der Waals surface area contributed by atoms with Crippen LogP contribution in [0.3, 0.4) is 0 Å². The van der Waals surface area contributed by atoms with E-state index in [1.165, 1.54) is 38.5 Å². The van der Waals surface area contributed by atoms with E-state index in [-0.39, 0.29) is 0 Å². The fraction of sp³-hybridized carbons (Fsp3) is 1.00. The van der Waals surface area contributed by atoms with Crippen LogP contribution in [-0.4, -0.2) is 24.3 Å². The van der Waals surface area contributed by atoms with Gasteiger partial charge in [-0.1, -0.05) is 19.8 Å². The van der Waals surface area contributed by atoms with Crippen LogP contribution in [0.4, 0.5) is 0 Å². The smallest absolute Gasteiger partial charge is 0.0436 e. The number of aliphatic hydroxyl groups excluding tert-OH is 1. The molecule has 2 aliphatic carbocycles. The zero-order valence-electron chi connectivity index (χ0n) is 9.97. The fourth-order valence-corrected chi connectivity index (χ4v) is 2.90. The molecular formula is C13H25NO. The zero-order valence-corrected chi connectivity index (χ0v) is 9.97. The maximum Gasteiger partial charge on any atom is 0.0436 e. The van der Waals surface area contributed by atoms with Crippen molar-refractivity contribution in [3.8, 4) is 0 Å². The average molecular weight is 211 g/mol. The summed E-state index contributed by atoms with van der Waals surface area (Å²) in [5, 5.41) is 12.8. The van der Waals surface area contributed by atoms with Crippen molar-refractivity contribution < 1.29 is 5.11 Å². The Morgan fingerprint density at radius 3 is 2.60 bits per heavy atom. The van der Waals surface area contributed by atoms with Crippen molar-refractivity contribution in [3.63, 3.8) is 0 Å². The minimum atomic E-state index is 0.363. The third-order valence-electron chi connectivity index (χ3n) is 4.45. The molecule has 0 bridgehead atoms. The van der Waals surface area contributed by atoms with Gasteiger partial charge in [-0.2, -0.15) is 0 Å². The van der Waals surface area contributed by atoms with E-state index in [0.717, 1.165) is 24.9 Å². The highest BCUT2D eigenvalue weighted by Crippen LogP contribution is 2.48. The van der Waals surface area contributed by atoms with Crippen molar-refractivity contribution in [3.05, 3.63) is 0 Å². The fourth-order valence-electron chi connectivity index (χ4n) is 2.90. The van der Waals surface area contributed by atoms with Crippen molar-refractivity contribution in [1.29, 1.82) is 0 Å². The molecule has 15 heavy (non-hydrogen) atoms. The van der Waals surface area contributed by atoms with Crippen molar-refractivity contribution >= 4 is 0 Å². The van der Waals surface area contributed by atoms with Gasteiger partial charge in [-0.3, -0.25) is 0 Å². The van der Waals surface area contributed by atoms with Crippen LogP contribution in [0, 0.1) is 11.3 Å².